The van der Waals surface area contributed by atoms with Crippen LogP contribution >= 0.6 is 0 Å². The minimum Gasteiger partial charge on any atom is -0.388 e. The number of carbonyl (C=O) groups is 1. The van der Waals surface area contributed by atoms with Crippen molar-refractivity contribution in [2.24, 2.45) is 14.1 Å². The van der Waals surface area contributed by atoms with Crippen molar-refractivity contribution in [2.45, 2.75) is 6.61 Å². The van der Waals surface area contributed by atoms with Gasteiger partial charge in [-0.1, -0.05) is 60.7 Å². The van der Waals surface area contributed by atoms with Crippen molar-refractivity contribution < 1.29 is 9.90 Å². The molecule has 28 heavy (non-hydrogen) atoms. The number of aryl methyl sites for hydroxylation is 2. The number of aldehydes is 1. The Morgan fingerprint density at radius 3 is 1.75 bits per heavy atom. The molecule has 1 N–H and O–H groups in total. The van der Waals surface area contributed by atoms with Crippen molar-refractivity contribution in [1.82, 2.24) is 19.1 Å². The van der Waals surface area contributed by atoms with Crippen LogP contribution in [0.5, 0.6) is 0 Å². The first-order valence-electron chi connectivity index (χ1n) is 8.85. The molecule has 0 amide bonds. The Kier molecular flexibility index (Phi) is 6.14. The summed E-state index contributed by atoms with van der Waals surface area (Å²) in [6.45, 7) is -0.0245. The van der Waals surface area contributed by atoms with Crippen LogP contribution in [0, 0.1) is 0 Å². The van der Waals surface area contributed by atoms with Gasteiger partial charge in [0.05, 0.1) is 11.4 Å². The lowest BCUT2D eigenvalue weighted by atomic mass is 10.2. The number of hydrogen-bond donors (Lipinski definition) is 1. The molecule has 6 nitrogen and oxygen atoms in total. The van der Waals surface area contributed by atoms with Gasteiger partial charge >= 0.3 is 0 Å². The van der Waals surface area contributed by atoms with Crippen molar-refractivity contribution in [3.63, 3.8) is 0 Å². The maximum Gasteiger partial charge on any atom is 0.185 e. The summed E-state index contributed by atoms with van der Waals surface area (Å²) in [6, 6.07) is 19.7. The Labute approximate surface area is 163 Å². The van der Waals surface area contributed by atoms with Gasteiger partial charge in [-0.2, -0.15) is 0 Å². The van der Waals surface area contributed by atoms with E-state index in [1.54, 1.807) is 4.57 Å². The predicted molar refractivity (Wildman–Crippen MR) is 109 cm³/mol. The summed E-state index contributed by atoms with van der Waals surface area (Å²) in [5.74, 6) is 1.13. The van der Waals surface area contributed by atoms with E-state index in [1.165, 1.54) is 0 Å². The van der Waals surface area contributed by atoms with Crippen LogP contribution in [0.2, 0.25) is 0 Å². The maximum absolute atomic E-state index is 10.6. The van der Waals surface area contributed by atoms with Gasteiger partial charge in [0, 0.05) is 37.6 Å². The number of rotatable bonds is 4. The fourth-order valence-corrected chi connectivity index (χ4v) is 2.74. The Hall–Kier alpha value is -3.51. The number of aliphatic hydroxyl groups is 1. The molecule has 0 spiro atoms. The van der Waals surface area contributed by atoms with Crippen LogP contribution in [0.4, 0.5) is 0 Å². The highest BCUT2D eigenvalue weighted by Crippen LogP contribution is 2.18. The highest BCUT2D eigenvalue weighted by Gasteiger charge is 2.05. The third kappa shape index (κ3) is 4.42. The molecule has 0 saturated heterocycles. The smallest absolute Gasteiger partial charge is 0.185 e. The molecule has 4 rings (SSSR count). The lowest BCUT2D eigenvalue weighted by Crippen LogP contribution is -1.94. The van der Waals surface area contributed by atoms with Crippen LogP contribution in [-0.2, 0) is 20.7 Å². The van der Waals surface area contributed by atoms with Crippen molar-refractivity contribution in [1.29, 1.82) is 0 Å². The minimum absolute atomic E-state index is 0.0245. The quantitative estimate of drug-likeness (QED) is 0.555. The lowest BCUT2D eigenvalue weighted by Gasteiger charge is -1.92. The van der Waals surface area contributed by atoms with Crippen LogP contribution in [0.25, 0.3) is 22.5 Å². The Morgan fingerprint density at radius 2 is 1.32 bits per heavy atom. The third-order valence-corrected chi connectivity index (χ3v) is 4.27. The zero-order chi connectivity index (χ0) is 19.9. The Bertz CT molecular complexity index is 1040. The van der Waals surface area contributed by atoms with E-state index in [0.29, 0.717) is 11.6 Å². The van der Waals surface area contributed by atoms with Gasteiger partial charge in [0.25, 0.3) is 0 Å². The fourth-order valence-electron chi connectivity index (χ4n) is 2.74. The van der Waals surface area contributed by atoms with Crippen molar-refractivity contribution in [3.05, 3.63) is 84.7 Å². The van der Waals surface area contributed by atoms with E-state index in [0.717, 1.165) is 28.8 Å². The molecule has 0 bridgehead atoms. The SMILES string of the molecule is Cn1cc(-c2ccccc2)nc1C=O.Cn1cc(-c2ccccc2)nc1CO. The van der Waals surface area contributed by atoms with Gasteiger partial charge in [-0.3, -0.25) is 4.79 Å². The summed E-state index contributed by atoms with van der Waals surface area (Å²) in [7, 11) is 3.69. The van der Waals surface area contributed by atoms with Gasteiger partial charge < -0.3 is 14.2 Å². The second-order valence-electron chi connectivity index (χ2n) is 6.26. The van der Waals surface area contributed by atoms with Crippen LogP contribution < -0.4 is 0 Å². The zero-order valence-electron chi connectivity index (χ0n) is 15.9. The van der Waals surface area contributed by atoms with Gasteiger partial charge in [0.1, 0.15) is 12.4 Å². The first kappa shape index (κ1) is 19.3. The molecule has 2 aromatic carbocycles. The fraction of sp³-hybridized carbons (Fsp3) is 0.136. The summed E-state index contributed by atoms with van der Waals surface area (Å²) < 4.78 is 3.55. The van der Waals surface area contributed by atoms with E-state index < -0.39 is 0 Å². The molecule has 0 atom stereocenters. The van der Waals surface area contributed by atoms with E-state index in [9.17, 15) is 4.79 Å². The molecular formula is C22H22N4O2. The molecule has 0 aliphatic carbocycles. The zero-order valence-corrected chi connectivity index (χ0v) is 15.9. The molecule has 2 aromatic heterocycles. The number of aliphatic hydroxyl groups excluding tert-OH is 1. The molecule has 0 radical (unpaired) electrons. The van der Waals surface area contributed by atoms with Crippen molar-refractivity contribution in [3.8, 4) is 22.5 Å². The van der Waals surface area contributed by atoms with E-state index >= 15 is 0 Å². The molecule has 2 heterocycles. The standard InChI is InChI=1S/C11H12N2O.C11H10N2O/c2*1-13-7-10(12-11(13)8-14)9-5-3-2-4-6-9/h2-7,14H,8H2,1H3;2-8H,1H3. The van der Waals surface area contributed by atoms with Crippen LogP contribution in [0.1, 0.15) is 16.4 Å². The third-order valence-electron chi connectivity index (χ3n) is 4.27. The summed E-state index contributed by atoms with van der Waals surface area (Å²) in [6.07, 6.45) is 4.52. The molecule has 0 aliphatic rings. The number of imidazole rings is 2. The molecule has 0 aliphatic heterocycles. The summed E-state index contributed by atoms with van der Waals surface area (Å²) in [4.78, 5) is 19.1. The lowest BCUT2D eigenvalue weighted by molar-refractivity contribution is 0.111. The molecule has 6 heteroatoms. The Balaban J connectivity index is 0.000000161. The van der Waals surface area contributed by atoms with Gasteiger partial charge in [0.15, 0.2) is 12.1 Å². The van der Waals surface area contributed by atoms with Crippen molar-refractivity contribution >= 4 is 6.29 Å². The minimum atomic E-state index is -0.0245. The van der Waals surface area contributed by atoms with E-state index in [4.69, 9.17) is 5.11 Å². The normalized spacial score (nSPS) is 10.2. The monoisotopic (exact) mass is 374 g/mol. The maximum atomic E-state index is 10.6. The summed E-state index contributed by atoms with van der Waals surface area (Å²) in [5, 5.41) is 9.00. The van der Waals surface area contributed by atoms with E-state index in [1.807, 2.05) is 91.7 Å². The number of aromatic nitrogens is 4. The molecule has 4 aromatic rings. The first-order valence-corrected chi connectivity index (χ1v) is 8.85. The first-order chi connectivity index (χ1) is 13.6. The molecule has 0 fully saturated rings. The van der Waals surface area contributed by atoms with Crippen LogP contribution in [0.15, 0.2) is 73.1 Å². The number of hydrogen-bond acceptors (Lipinski definition) is 4. The Morgan fingerprint density at radius 1 is 0.821 bits per heavy atom. The van der Waals surface area contributed by atoms with E-state index in [-0.39, 0.29) is 6.61 Å². The second-order valence-corrected chi connectivity index (χ2v) is 6.26. The topological polar surface area (TPSA) is 72.9 Å². The number of benzene rings is 2. The van der Waals surface area contributed by atoms with Gasteiger partial charge in [0.2, 0.25) is 0 Å². The molecule has 0 saturated carbocycles. The van der Waals surface area contributed by atoms with Gasteiger partial charge in [-0.15, -0.1) is 0 Å². The average molecular weight is 374 g/mol. The van der Waals surface area contributed by atoms with Gasteiger partial charge in [-0.25, -0.2) is 9.97 Å². The highest BCUT2D eigenvalue weighted by atomic mass is 16.3. The van der Waals surface area contributed by atoms with Crippen LogP contribution in [0.3, 0.4) is 0 Å². The predicted octanol–water partition coefficient (Wildman–Crippen LogP) is 3.48. The second kappa shape index (κ2) is 8.92. The van der Waals surface area contributed by atoms with Crippen LogP contribution in [-0.4, -0.2) is 30.5 Å². The largest absolute Gasteiger partial charge is 0.388 e. The van der Waals surface area contributed by atoms with E-state index in [2.05, 4.69) is 9.97 Å². The van der Waals surface area contributed by atoms with Gasteiger partial charge in [-0.05, 0) is 0 Å². The summed E-state index contributed by atoms with van der Waals surface area (Å²) >= 11 is 0. The molecule has 0 unspecified atom stereocenters. The molecule has 142 valence electrons. The number of carbonyl (C=O) groups excluding carboxylic acids is 1. The number of nitrogens with zero attached hydrogens (tertiary/aromatic N) is 4. The average Bonchev–Trinajstić information content (AvgIpc) is 3.32. The summed E-state index contributed by atoms with van der Waals surface area (Å²) in [5.41, 5.74) is 3.83. The molecular weight excluding hydrogens is 352 g/mol. The van der Waals surface area contributed by atoms with Crippen molar-refractivity contribution in [2.75, 3.05) is 0 Å². The highest BCUT2D eigenvalue weighted by molar-refractivity contribution is 5.72.